The first-order valence-corrected chi connectivity index (χ1v) is 6.80. The number of hydrogen-bond acceptors (Lipinski definition) is 2. The van der Waals surface area contributed by atoms with E-state index >= 15 is 0 Å². The molecule has 1 fully saturated rings. The fraction of sp³-hybridized carbons (Fsp3) is 0.385. The maximum atomic E-state index is 12.0. The second-order valence-electron chi connectivity index (χ2n) is 4.36. The van der Waals surface area contributed by atoms with E-state index in [0.717, 1.165) is 0 Å². The summed E-state index contributed by atoms with van der Waals surface area (Å²) in [5, 5.41) is 3.58. The second-order valence-corrected chi connectivity index (χ2v) is 5.18. The van der Waals surface area contributed by atoms with E-state index in [1.807, 2.05) is 6.92 Å². The van der Waals surface area contributed by atoms with E-state index in [0.29, 0.717) is 22.0 Å². The third-order valence-corrected chi connectivity index (χ3v) is 3.90. The van der Waals surface area contributed by atoms with Crippen molar-refractivity contribution in [1.82, 2.24) is 10.2 Å². The molecule has 102 valence electrons. The smallest absolute Gasteiger partial charge is 0.243 e. The number of halogens is 2. The van der Waals surface area contributed by atoms with Crippen molar-refractivity contribution in [2.75, 3.05) is 6.54 Å². The number of nitrogens with zero attached hydrogens (tertiary/aromatic N) is 1. The number of hydrogen-bond donors (Lipinski definition) is 1. The summed E-state index contributed by atoms with van der Waals surface area (Å²) in [6, 6.07) is 4.72. The molecule has 1 N–H and O–H groups in total. The molecule has 19 heavy (non-hydrogen) atoms. The molecule has 2 amide bonds. The summed E-state index contributed by atoms with van der Waals surface area (Å²) in [7, 11) is 0. The van der Waals surface area contributed by atoms with Crippen LogP contribution in [-0.4, -0.2) is 29.3 Å². The molecule has 2 rings (SSSR count). The van der Waals surface area contributed by atoms with Crippen LogP contribution in [0.4, 0.5) is 0 Å². The summed E-state index contributed by atoms with van der Waals surface area (Å²) < 4.78 is 0. The van der Waals surface area contributed by atoms with Crippen molar-refractivity contribution in [3.63, 3.8) is 0 Å². The highest BCUT2D eigenvalue weighted by Gasteiger charge is 2.33. The highest BCUT2D eigenvalue weighted by molar-refractivity contribution is 6.36. The molecule has 1 saturated heterocycles. The third-order valence-electron chi connectivity index (χ3n) is 3.19. The molecular formula is C13H14Cl2N2O2. The Hall–Kier alpha value is -1.26. The molecule has 0 radical (unpaired) electrons. The lowest BCUT2D eigenvalue weighted by Gasteiger charge is -2.34. The van der Waals surface area contributed by atoms with Gasteiger partial charge in [0.15, 0.2) is 0 Å². The lowest BCUT2D eigenvalue weighted by Crippen LogP contribution is -2.57. The van der Waals surface area contributed by atoms with Gasteiger partial charge in [0.1, 0.15) is 6.04 Å². The molecule has 6 heteroatoms. The summed E-state index contributed by atoms with van der Waals surface area (Å²) in [5.74, 6) is -0.257. The molecule has 0 aliphatic carbocycles. The largest absolute Gasteiger partial charge is 0.345 e. The predicted octanol–water partition coefficient (Wildman–Crippen LogP) is 2.23. The van der Waals surface area contributed by atoms with Gasteiger partial charge in [-0.1, -0.05) is 36.2 Å². The SMILES string of the molecule is CCC1C(=O)NCC(=O)N1Cc1c(Cl)cccc1Cl. The minimum Gasteiger partial charge on any atom is -0.345 e. The molecule has 0 saturated carbocycles. The number of carbonyl (C=O) groups excluding carboxylic acids is 2. The van der Waals surface area contributed by atoms with Gasteiger partial charge in [0.05, 0.1) is 6.54 Å². The number of benzene rings is 1. The van der Waals surface area contributed by atoms with Gasteiger partial charge in [0.25, 0.3) is 0 Å². The van der Waals surface area contributed by atoms with E-state index in [1.54, 1.807) is 18.2 Å². The van der Waals surface area contributed by atoms with Crippen molar-refractivity contribution in [1.29, 1.82) is 0 Å². The van der Waals surface area contributed by atoms with Gasteiger partial charge in [-0.25, -0.2) is 0 Å². The molecule has 0 spiro atoms. The molecule has 4 nitrogen and oxygen atoms in total. The highest BCUT2D eigenvalue weighted by atomic mass is 35.5. The monoisotopic (exact) mass is 300 g/mol. The zero-order valence-corrected chi connectivity index (χ0v) is 12.0. The van der Waals surface area contributed by atoms with Crippen LogP contribution in [-0.2, 0) is 16.1 Å². The summed E-state index contributed by atoms with van der Waals surface area (Å²) in [4.78, 5) is 25.3. The minimum absolute atomic E-state index is 0.0252. The normalized spacial score (nSPS) is 19.5. The first kappa shape index (κ1) is 14.2. The predicted molar refractivity (Wildman–Crippen MR) is 74.1 cm³/mol. The number of rotatable bonds is 3. The highest BCUT2D eigenvalue weighted by Crippen LogP contribution is 2.27. The Balaban J connectivity index is 2.29. The first-order chi connectivity index (χ1) is 9.04. The van der Waals surface area contributed by atoms with Gasteiger partial charge < -0.3 is 10.2 Å². The van der Waals surface area contributed by atoms with Gasteiger partial charge in [0, 0.05) is 22.2 Å². The molecule has 1 atom stereocenters. The van der Waals surface area contributed by atoms with E-state index in [-0.39, 0.29) is 24.9 Å². The maximum Gasteiger partial charge on any atom is 0.243 e. The van der Waals surface area contributed by atoms with Crippen molar-refractivity contribution < 1.29 is 9.59 Å². The Labute approximate surface area is 121 Å². The van der Waals surface area contributed by atoms with Crippen molar-refractivity contribution in [3.8, 4) is 0 Å². The molecule has 0 bridgehead atoms. The Kier molecular flexibility index (Phi) is 4.32. The van der Waals surface area contributed by atoms with Crippen LogP contribution >= 0.6 is 23.2 Å². The molecule has 1 aliphatic rings. The fourth-order valence-corrected chi connectivity index (χ4v) is 2.67. The summed E-state index contributed by atoms with van der Waals surface area (Å²) in [6.45, 7) is 2.14. The Morgan fingerprint density at radius 3 is 2.53 bits per heavy atom. The summed E-state index contributed by atoms with van der Waals surface area (Å²) in [6.07, 6.45) is 0.555. The minimum atomic E-state index is -0.464. The topological polar surface area (TPSA) is 49.4 Å². The molecular weight excluding hydrogens is 287 g/mol. The second kappa shape index (κ2) is 5.80. The van der Waals surface area contributed by atoms with Crippen molar-refractivity contribution >= 4 is 35.0 Å². The lowest BCUT2D eigenvalue weighted by atomic mass is 10.1. The van der Waals surface area contributed by atoms with Gasteiger partial charge >= 0.3 is 0 Å². The van der Waals surface area contributed by atoms with Crippen LogP contribution in [0.1, 0.15) is 18.9 Å². The van der Waals surface area contributed by atoms with Crippen LogP contribution in [0.3, 0.4) is 0 Å². The van der Waals surface area contributed by atoms with Gasteiger partial charge in [0.2, 0.25) is 11.8 Å². The average molecular weight is 301 g/mol. The Bertz CT molecular complexity index is 499. The Morgan fingerprint density at radius 1 is 1.32 bits per heavy atom. The third kappa shape index (κ3) is 2.85. The fourth-order valence-electron chi connectivity index (χ4n) is 2.16. The average Bonchev–Trinajstić information content (AvgIpc) is 2.38. The standard InChI is InChI=1S/C13H14Cl2N2O2/c1-2-11-13(19)16-6-12(18)17(11)7-8-9(14)4-3-5-10(8)15/h3-5,11H,2,6-7H2,1H3,(H,16,19). The molecule has 1 aromatic rings. The van der Waals surface area contributed by atoms with E-state index in [1.165, 1.54) is 4.90 Å². The van der Waals surface area contributed by atoms with Gasteiger partial charge in [-0.3, -0.25) is 9.59 Å². The zero-order chi connectivity index (χ0) is 14.0. The number of amides is 2. The number of nitrogens with one attached hydrogen (secondary N) is 1. The van der Waals surface area contributed by atoms with Crippen LogP contribution in [0, 0.1) is 0 Å². The van der Waals surface area contributed by atoms with Crippen LogP contribution in [0.5, 0.6) is 0 Å². The lowest BCUT2D eigenvalue weighted by molar-refractivity contribution is -0.146. The molecule has 1 aromatic carbocycles. The van der Waals surface area contributed by atoms with Crippen molar-refractivity contribution in [3.05, 3.63) is 33.8 Å². The van der Waals surface area contributed by atoms with Gasteiger partial charge in [-0.15, -0.1) is 0 Å². The van der Waals surface area contributed by atoms with E-state index in [4.69, 9.17) is 23.2 Å². The van der Waals surface area contributed by atoms with Gasteiger partial charge in [-0.2, -0.15) is 0 Å². The molecule has 1 heterocycles. The summed E-state index contributed by atoms with van der Waals surface area (Å²) >= 11 is 12.2. The van der Waals surface area contributed by atoms with E-state index in [2.05, 4.69) is 5.32 Å². The van der Waals surface area contributed by atoms with Crippen LogP contribution in [0.25, 0.3) is 0 Å². The summed E-state index contributed by atoms with van der Waals surface area (Å²) in [5.41, 5.74) is 0.673. The number of carbonyl (C=O) groups is 2. The molecule has 1 aliphatic heterocycles. The Morgan fingerprint density at radius 2 is 1.95 bits per heavy atom. The quantitative estimate of drug-likeness (QED) is 0.930. The first-order valence-electron chi connectivity index (χ1n) is 6.04. The maximum absolute atomic E-state index is 12.0. The van der Waals surface area contributed by atoms with Crippen molar-refractivity contribution in [2.45, 2.75) is 25.9 Å². The molecule has 1 unspecified atom stereocenters. The van der Waals surface area contributed by atoms with Crippen LogP contribution in [0.15, 0.2) is 18.2 Å². The van der Waals surface area contributed by atoms with E-state index in [9.17, 15) is 9.59 Å². The van der Waals surface area contributed by atoms with Crippen molar-refractivity contribution in [2.24, 2.45) is 0 Å². The van der Waals surface area contributed by atoms with Gasteiger partial charge in [-0.05, 0) is 18.6 Å². The number of piperazine rings is 1. The molecule has 0 aromatic heterocycles. The van der Waals surface area contributed by atoms with E-state index < -0.39 is 6.04 Å². The zero-order valence-electron chi connectivity index (χ0n) is 10.5. The van der Waals surface area contributed by atoms with Crippen LogP contribution < -0.4 is 5.32 Å². The van der Waals surface area contributed by atoms with Crippen LogP contribution in [0.2, 0.25) is 10.0 Å².